The molecule has 0 heterocycles. The Morgan fingerprint density at radius 2 is 2.00 bits per heavy atom. The molecule has 94 valence electrons. The molecule has 1 atom stereocenters. The second kappa shape index (κ2) is 7.07. The maximum absolute atomic E-state index is 10.7. The molecule has 0 saturated carbocycles. The zero-order valence-electron chi connectivity index (χ0n) is 10.8. The molecule has 0 aliphatic rings. The predicted molar refractivity (Wildman–Crippen MR) is 68.7 cm³/mol. The lowest BCUT2D eigenvalue weighted by Gasteiger charge is -2.16. The van der Waals surface area contributed by atoms with Crippen molar-refractivity contribution in [2.75, 3.05) is 6.61 Å². The monoisotopic (exact) mass is 235 g/mol. The van der Waals surface area contributed by atoms with Crippen molar-refractivity contribution in [2.45, 2.75) is 39.8 Å². The van der Waals surface area contributed by atoms with Crippen molar-refractivity contribution in [1.82, 2.24) is 5.32 Å². The van der Waals surface area contributed by atoms with Crippen molar-refractivity contribution in [2.24, 2.45) is 0 Å². The summed E-state index contributed by atoms with van der Waals surface area (Å²) in [5.41, 5.74) is 2.51. The number of carbonyl (C=O) groups is 1. The van der Waals surface area contributed by atoms with E-state index in [1.165, 1.54) is 18.1 Å². The molecule has 3 heteroatoms. The van der Waals surface area contributed by atoms with Crippen LogP contribution in [-0.4, -0.2) is 18.6 Å². The first-order valence-electron chi connectivity index (χ1n) is 6.04. The van der Waals surface area contributed by atoms with Crippen LogP contribution in [0.5, 0.6) is 0 Å². The maximum atomic E-state index is 10.7. The summed E-state index contributed by atoms with van der Waals surface area (Å²) < 4.78 is 5.00. The van der Waals surface area contributed by atoms with E-state index in [1.807, 2.05) is 0 Å². The summed E-state index contributed by atoms with van der Waals surface area (Å²) in [5, 5.41) is 3.38. The van der Waals surface area contributed by atoms with Gasteiger partial charge in [-0.3, -0.25) is 4.79 Å². The Balaban J connectivity index is 2.36. The second-order valence-corrected chi connectivity index (χ2v) is 4.27. The topological polar surface area (TPSA) is 38.3 Å². The van der Waals surface area contributed by atoms with Gasteiger partial charge in [-0.05, 0) is 18.9 Å². The number of esters is 1. The van der Waals surface area contributed by atoms with E-state index in [1.54, 1.807) is 0 Å². The fraction of sp³-hybridized carbons (Fsp3) is 0.500. The van der Waals surface area contributed by atoms with Gasteiger partial charge >= 0.3 is 5.97 Å². The van der Waals surface area contributed by atoms with Gasteiger partial charge in [-0.15, -0.1) is 0 Å². The molecular weight excluding hydrogens is 214 g/mol. The SMILES string of the molecule is CCC(COC(C)=O)NCc1ccc(C)cc1. The van der Waals surface area contributed by atoms with Gasteiger partial charge in [0.25, 0.3) is 0 Å². The smallest absolute Gasteiger partial charge is 0.302 e. The van der Waals surface area contributed by atoms with Gasteiger partial charge in [0.1, 0.15) is 6.61 Å². The average molecular weight is 235 g/mol. The molecule has 0 fully saturated rings. The zero-order valence-corrected chi connectivity index (χ0v) is 10.8. The van der Waals surface area contributed by atoms with Crippen molar-refractivity contribution in [1.29, 1.82) is 0 Å². The van der Waals surface area contributed by atoms with Crippen molar-refractivity contribution in [3.05, 3.63) is 35.4 Å². The number of rotatable bonds is 6. The Bertz CT molecular complexity index is 346. The quantitative estimate of drug-likeness (QED) is 0.770. The number of ether oxygens (including phenoxy) is 1. The predicted octanol–water partition coefficient (Wildman–Crippen LogP) is 2.43. The molecule has 0 aromatic heterocycles. The molecule has 0 spiro atoms. The van der Waals surface area contributed by atoms with E-state index in [4.69, 9.17) is 4.74 Å². The largest absolute Gasteiger partial charge is 0.464 e. The highest BCUT2D eigenvalue weighted by Crippen LogP contribution is 2.03. The molecular formula is C14H21NO2. The molecule has 17 heavy (non-hydrogen) atoms. The number of hydrogen-bond acceptors (Lipinski definition) is 3. The third kappa shape index (κ3) is 5.50. The molecule has 1 rings (SSSR count). The first-order chi connectivity index (χ1) is 8.11. The van der Waals surface area contributed by atoms with Crippen LogP contribution in [0.15, 0.2) is 24.3 Å². The molecule has 3 nitrogen and oxygen atoms in total. The fourth-order valence-electron chi connectivity index (χ4n) is 1.51. The average Bonchev–Trinajstić information content (AvgIpc) is 2.31. The van der Waals surface area contributed by atoms with Crippen molar-refractivity contribution < 1.29 is 9.53 Å². The first kappa shape index (κ1) is 13.7. The molecule has 1 aromatic carbocycles. The van der Waals surface area contributed by atoms with Gasteiger partial charge in [0, 0.05) is 19.5 Å². The number of nitrogens with one attached hydrogen (secondary N) is 1. The van der Waals surface area contributed by atoms with Crippen LogP contribution in [-0.2, 0) is 16.1 Å². The molecule has 0 aliphatic heterocycles. The maximum Gasteiger partial charge on any atom is 0.302 e. The number of aryl methyl sites for hydroxylation is 1. The Morgan fingerprint density at radius 3 is 2.53 bits per heavy atom. The van der Waals surface area contributed by atoms with E-state index in [9.17, 15) is 4.79 Å². The van der Waals surface area contributed by atoms with Crippen LogP contribution < -0.4 is 5.32 Å². The van der Waals surface area contributed by atoms with E-state index in [0.717, 1.165) is 13.0 Å². The van der Waals surface area contributed by atoms with Crippen LogP contribution in [0.1, 0.15) is 31.4 Å². The minimum absolute atomic E-state index is 0.222. The number of hydrogen-bond donors (Lipinski definition) is 1. The van der Waals surface area contributed by atoms with Gasteiger partial charge < -0.3 is 10.1 Å². The number of benzene rings is 1. The fourth-order valence-corrected chi connectivity index (χ4v) is 1.51. The minimum atomic E-state index is -0.222. The highest BCUT2D eigenvalue weighted by molar-refractivity contribution is 5.65. The summed E-state index contributed by atoms with van der Waals surface area (Å²) in [6.45, 7) is 6.84. The highest BCUT2D eigenvalue weighted by Gasteiger charge is 2.07. The van der Waals surface area contributed by atoms with Gasteiger partial charge in [0.2, 0.25) is 0 Å². The van der Waals surface area contributed by atoms with Gasteiger partial charge in [-0.1, -0.05) is 36.8 Å². The van der Waals surface area contributed by atoms with Crippen LogP contribution in [0, 0.1) is 6.92 Å². The molecule has 1 aromatic rings. The lowest BCUT2D eigenvalue weighted by molar-refractivity contribution is -0.141. The van der Waals surface area contributed by atoms with Crippen molar-refractivity contribution in [3.63, 3.8) is 0 Å². The van der Waals surface area contributed by atoms with Crippen LogP contribution in [0.2, 0.25) is 0 Å². The van der Waals surface area contributed by atoms with Crippen LogP contribution in [0.25, 0.3) is 0 Å². The molecule has 1 unspecified atom stereocenters. The van der Waals surface area contributed by atoms with Gasteiger partial charge in [-0.25, -0.2) is 0 Å². The Morgan fingerprint density at radius 1 is 1.35 bits per heavy atom. The Labute approximate surface area is 103 Å². The number of carbonyl (C=O) groups excluding carboxylic acids is 1. The highest BCUT2D eigenvalue weighted by atomic mass is 16.5. The van der Waals surface area contributed by atoms with E-state index in [0.29, 0.717) is 6.61 Å². The minimum Gasteiger partial charge on any atom is -0.464 e. The normalized spacial score (nSPS) is 12.2. The van der Waals surface area contributed by atoms with Crippen LogP contribution in [0.4, 0.5) is 0 Å². The summed E-state index contributed by atoms with van der Waals surface area (Å²) >= 11 is 0. The van der Waals surface area contributed by atoms with Crippen LogP contribution >= 0.6 is 0 Å². The van der Waals surface area contributed by atoms with E-state index in [-0.39, 0.29) is 12.0 Å². The molecule has 0 saturated heterocycles. The molecule has 1 N–H and O–H groups in total. The van der Waals surface area contributed by atoms with Crippen LogP contribution in [0.3, 0.4) is 0 Å². The summed E-state index contributed by atoms with van der Waals surface area (Å²) in [7, 11) is 0. The second-order valence-electron chi connectivity index (χ2n) is 4.27. The van der Waals surface area contributed by atoms with E-state index in [2.05, 4.69) is 43.4 Å². The molecule has 0 amide bonds. The lowest BCUT2D eigenvalue weighted by atomic mass is 10.1. The van der Waals surface area contributed by atoms with Gasteiger partial charge in [0.15, 0.2) is 0 Å². The van der Waals surface area contributed by atoms with E-state index < -0.39 is 0 Å². The van der Waals surface area contributed by atoms with Gasteiger partial charge in [0.05, 0.1) is 0 Å². The first-order valence-corrected chi connectivity index (χ1v) is 6.04. The Kier molecular flexibility index (Phi) is 5.70. The summed E-state index contributed by atoms with van der Waals surface area (Å²) in [6.07, 6.45) is 0.944. The molecule has 0 bridgehead atoms. The third-order valence-electron chi connectivity index (χ3n) is 2.70. The summed E-state index contributed by atoms with van der Waals surface area (Å²) in [4.78, 5) is 10.7. The lowest BCUT2D eigenvalue weighted by Crippen LogP contribution is -2.33. The van der Waals surface area contributed by atoms with Gasteiger partial charge in [-0.2, -0.15) is 0 Å². The van der Waals surface area contributed by atoms with E-state index >= 15 is 0 Å². The zero-order chi connectivity index (χ0) is 12.7. The summed E-state index contributed by atoms with van der Waals surface area (Å²) in [6, 6.07) is 8.65. The van der Waals surface area contributed by atoms with Crippen molar-refractivity contribution >= 4 is 5.97 Å². The molecule has 0 aliphatic carbocycles. The van der Waals surface area contributed by atoms with Crippen molar-refractivity contribution in [3.8, 4) is 0 Å². The summed E-state index contributed by atoms with van der Waals surface area (Å²) in [5.74, 6) is -0.222. The standard InChI is InChI=1S/C14H21NO2/c1-4-14(10-17-12(3)16)15-9-13-7-5-11(2)6-8-13/h5-8,14-15H,4,9-10H2,1-3H3. The Hall–Kier alpha value is -1.35. The molecule has 0 radical (unpaired) electrons. The third-order valence-corrected chi connectivity index (χ3v) is 2.70.